The van der Waals surface area contributed by atoms with E-state index in [0.29, 0.717) is 17.4 Å². The van der Waals surface area contributed by atoms with Gasteiger partial charge in [-0.25, -0.2) is 13.7 Å². The summed E-state index contributed by atoms with van der Waals surface area (Å²) in [5.41, 5.74) is -0.0784. The van der Waals surface area contributed by atoms with Gasteiger partial charge in [0, 0.05) is 0 Å². The number of hydrogen-bond donors (Lipinski definition) is 3. The summed E-state index contributed by atoms with van der Waals surface area (Å²) in [6.07, 6.45) is 0. The minimum Gasteiger partial charge on any atom is -0.288 e. The van der Waals surface area contributed by atoms with Crippen molar-refractivity contribution in [2.75, 3.05) is 12.4 Å². The predicted molar refractivity (Wildman–Crippen MR) is 122 cm³/mol. The molecule has 2 aromatic carbocycles. The molecule has 0 saturated carbocycles. The number of nitrogens with zero attached hydrogens (tertiary/aromatic N) is 3. The Kier molecular flexibility index (Phi) is 8.56. The summed E-state index contributed by atoms with van der Waals surface area (Å²) in [4.78, 5) is 11.1. The number of para-hydroxylation sites is 1. The van der Waals surface area contributed by atoms with Gasteiger partial charge in [-0.3, -0.25) is 23.3 Å². The van der Waals surface area contributed by atoms with Crippen LogP contribution in [-0.2, 0) is 33.5 Å². The summed E-state index contributed by atoms with van der Waals surface area (Å²) in [5, 5.41) is 21.4. The molecule has 3 rings (SSSR count). The highest BCUT2D eigenvalue weighted by atomic mass is 32.2. The summed E-state index contributed by atoms with van der Waals surface area (Å²) < 4.78 is 68.5. The van der Waals surface area contributed by atoms with E-state index in [1.165, 1.54) is 4.68 Å². The van der Waals surface area contributed by atoms with E-state index in [9.17, 15) is 26.2 Å². The first-order valence-corrected chi connectivity index (χ1v) is 13.2. The maximum atomic E-state index is 12.5. The second-order valence-electron chi connectivity index (χ2n) is 6.70. The molecule has 17 heteroatoms. The zero-order valence-corrected chi connectivity index (χ0v) is 20.2. The number of H-pyrrole nitrogens is 1. The minimum atomic E-state index is -4.92. The van der Waals surface area contributed by atoms with Gasteiger partial charge in [-0.05, 0) is 37.3 Å². The van der Waals surface area contributed by atoms with E-state index < -0.39 is 53.4 Å². The van der Waals surface area contributed by atoms with E-state index in [1.807, 2.05) is 0 Å². The lowest BCUT2D eigenvalue weighted by atomic mass is 10.3. The summed E-state index contributed by atoms with van der Waals surface area (Å²) in [6.45, 7) is 1.19. The van der Waals surface area contributed by atoms with E-state index in [0.717, 1.165) is 12.1 Å². The number of aromatic amines is 1. The molecule has 0 aliphatic carbocycles. The molecular formula is C18H18N4O10S3. The monoisotopic (exact) mass is 546 g/mol. The van der Waals surface area contributed by atoms with Gasteiger partial charge in [0.15, 0.2) is 27.8 Å². The maximum Gasteiger partial charge on any atom is 0.296 e. The van der Waals surface area contributed by atoms with Crippen molar-refractivity contribution < 1.29 is 40.2 Å². The zero-order valence-electron chi connectivity index (χ0n) is 17.8. The third-order valence-corrected chi connectivity index (χ3v) is 7.43. The van der Waals surface area contributed by atoms with Gasteiger partial charge in [-0.15, -0.1) is 14.6 Å². The Bertz CT molecular complexity index is 1480. The molecule has 0 atom stereocenters. The first kappa shape index (κ1) is 26.7. The highest BCUT2D eigenvalue weighted by Crippen LogP contribution is 2.30. The highest BCUT2D eigenvalue weighted by molar-refractivity contribution is 7.91. The molecule has 0 bridgehead atoms. The van der Waals surface area contributed by atoms with E-state index in [-0.39, 0.29) is 18.0 Å². The van der Waals surface area contributed by atoms with Gasteiger partial charge in [0.1, 0.15) is 10.6 Å². The molecule has 0 radical (unpaired) electrons. The Morgan fingerprint density at radius 1 is 1.09 bits per heavy atom. The fourth-order valence-corrected chi connectivity index (χ4v) is 5.03. The molecule has 0 aliphatic heterocycles. The molecule has 0 fully saturated rings. The standard InChI is InChI=1S/C18H18N4O10S3/c1-12-17(18(23)21-22(12)13-5-3-2-4-6-13)20-19-15-8-7-14(11-16(15)35(27,28)29)34(25,26)10-9-30-33-32-31-24/h2-8,11,24H,9-10H2,1H3,(H,21,23)(H,27,28,29). The van der Waals surface area contributed by atoms with Gasteiger partial charge in [-0.1, -0.05) is 23.2 Å². The molecule has 35 heavy (non-hydrogen) atoms. The van der Waals surface area contributed by atoms with Crippen LogP contribution in [-0.4, -0.2) is 48.8 Å². The predicted octanol–water partition coefficient (Wildman–Crippen LogP) is 2.91. The van der Waals surface area contributed by atoms with E-state index in [2.05, 4.69) is 24.7 Å². The van der Waals surface area contributed by atoms with Crippen LogP contribution in [0.15, 0.2) is 73.3 Å². The third kappa shape index (κ3) is 6.61. The lowest BCUT2D eigenvalue weighted by Gasteiger charge is -2.07. The van der Waals surface area contributed by atoms with Crippen LogP contribution in [0, 0.1) is 6.92 Å². The number of aromatic nitrogens is 2. The van der Waals surface area contributed by atoms with Gasteiger partial charge >= 0.3 is 0 Å². The fourth-order valence-electron chi connectivity index (χ4n) is 2.87. The van der Waals surface area contributed by atoms with E-state index >= 15 is 0 Å². The Balaban J connectivity index is 1.92. The van der Waals surface area contributed by atoms with Gasteiger partial charge in [0.2, 0.25) is 0 Å². The largest absolute Gasteiger partial charge is 0.296 e. The molecule has 0 amide bonds. The van der Waals surface area contributed by atoms with Crippen molar-refractivity contribution in [3.63, 3.8) is 0 Å². The van der Waals surface area contributed by atoms with Crippen molar-refractivity contribution in [1.29, 1.82) is 0 Å². The van der Waals surface area contributed by atoms with Crippen LogP contribution in [0.25, 0.3) is 5.69 Å². The molecule has 0 saturated heterocycles. The number of hydrogen-bond acceptors (Lipinski definition) is 12. The Labute approximate surface area is 203 Å². The molecule has 0 unspecified atom stereocenters. The average molecular weight is 547 g/mol. The summed E-state index contributed by atoms with van der Waals surface area (Å²) >= 11 is 0.176. The highest BCUT2D eigenvalue weighted by Gasteiger charge is 2.22. The van der Waals surface area contributed by atoms with Crippen LogP contribution in [0.3, 0.4) is 0 Å². The first-order chi connectivity index (χ1) is 16.5. The molecule has 14 nitrogen and oxygen atoms in total. The van der Waals surface area contributed by atoms with Crippen molar-refractivity contribution in [1.82, 2.24) is 9.78 Å². The lowest BCUT2D eigenvalue weighted by molar-refractivity contribution is -0.434. The fraction of sp³-hybridized carbons (Fsp3) is 0.167. The number of nitrogens with one attached hydrogen (secondary N) is 1. The number of benzene rings is 2. The second-order valence-corrected chi connectivity index (χ2v) is 10.7. The topological polar surface area (TPSA) is 199 Å². The Morgan fingerprint density at radius 3 is 2.46 bits per heavy atom. The Morgan fingerprint density at radius 2 is 1.80 bits per heavy atom. The first-order valence-electron chi connectivity index (χ1n) is 9.44. The van der Waals surface area contributed by atoms with Crippen LogP contribution in [0.2, 0.25) is 0 Å². The Hall–Kier alpha value is -2.90. The van der Waals surface area contributed by atoms with Gasteiger partial charge < -0.3 is 0 Å². The van der Waals surface area contributed by atoms with Crippen LogP contribution in [0.1, 0.15) is 5.69 Å². The quantitative estimate of drug-likeness (QED) is 0.0797. The van der Waals surface area contributed by atoms with E-state index in [4.69, 9.17) is 9.44 Å². The zero-order chi connectivity index (χ0) is 25.6. The molecule has 0 spiro atoms. The van der Waals surface area contributed by atoms with Crippen LogP contribution in [0.4, 0.5) is 11.4 Å². The molecule has 1 heterocycles. The SMILES string of the molecule is Cc1c(N=Nc2ccc(S(=O)(=O)CCOSOOO)cc2S(=O)(=O)O)c(=O)[nH]n1-c1ccccc1. The number of rotatable bonds is 11. The lowest BCUT2D eigenvalue weighted by Crippen LogP contribution is -2.12. The number of sulfone groups is 1. The summed E-state index contributed by atoms with van der Waals surface area (Å²) in [7, 11) is -8.98. The molecule has 3 N–H and O–H groups in total. The van der Waals surface area contributed by atoms with Gasteiger partial charge in [-0.2, -0.15) is 8.42 Å². The molecular weight excluding hydrogens is 528 g/mol. The van der Waals surface area contributed by atoms with Crippen molar-refractivity contribution in [2.24, 2.45) is 10.2 Å². The van der Waals surface area contributed by atoms with Crippen molar-refractivity contribution in [3.8, 4) is 5.69 Å². The average Bonchev–Trinajstić information content (AvgIpc) is 3.10. The minimum absolute atomic E-state index is 0.115. The number of azo groups is 1. The van der Waals surface area contributed by atoms with Crippen molar-refractivity contribution in [3.05, 3.63) is 64.6 Å². The van der Waals surface area contributed by atoms with Gasteiger partial charge in [0.25, 0.3) is 15.7 Å². The smallest absolute Gasteiger partial charge is 0.288 e. The summed E-state index contributed by atoms with van der Waals surface area (Å²) in [5.74, 6) is -0.595. The third-order valence-electron chi connectivity index (χ3n) is 4.49. The van der Waals surface area contributed by atoms with E-state index in [1.54, 1.807) is 37.3 Å². The second kappa shape index (κ2) is 11.2. The molecule has 188 valence electrons. The van der Waals surface area contributed by atoms with Gasteiger partial charge in [0.05, 0.1) is 28.6 Å². The van der Waals surface area contributed by atoms with Crippen molar-refractivity contribution in [2.45, 2.75) is 16.7 Å². The molecule has 0 aliphatic rings. The molecule has 1 aromatic heterocycles. The normalized spacial score (nSPS) is 12.4. The van der Waals surface area contributed by atoms with Crippen LogP contribution in [0.5, 0.6) is 0 Å². The summed E-state index contributed by atoms with van der Waals surface area (Å²) in [6, 6.07) is 11.6. The maximum absolute atomic E-state index is 12.5. The molecule has 3 aromatic rings. The van der Waals surface area contributed by atoms with Crippen LogP contribution >= 0.6 is 12.3 Å². The van der Waals surface area contributed by atoms with Crippen molar-refractivity contribution >= 4 is 43.7 Å². The van der Waals surface area contributed by atoms with Crippen LogP contribution < -0.4 is 5.56 Å².